The zero-order chi connectivity index (χ0) is 11.0. The first-order valence-corrected chi connectivity index (χ1v) is 7.76. The number of hydrogen-bond donors (Lipinski definition) is 1. The summed E-state index contributed by atoms with van der Waals surface area (Å²) in [7, 11) is 0. The van der Waals surface area contributed by atoms with Crippen LogP contribution in [0.3, 0.4) is 0 Å². The zero-order valence-electron chi connectivity index (χ0n) is 10.0. The maximum absolute atomic E-state index is 6.19. The van der Waals surface area contributed by atoms with Gasteiger partial charge in [-0.15, -0.1) is 0 Å². The summed E-state index contributed by atoms with van der Waals surface area (Å²) in [6.45, 7) is 7.29. The Morgan fingerprint density at radius 3 is 2.75 bits per heavy atom. The summed E-state index contributed by atoms with van der Waals surface area (Å²) in [6.07, 6.45) is 2.68. The molecular weight excluding hydrogens is 218 g/mol. The predicted octanol–water partition coefficient (Wildman–Crippen LogP) is 0.458. The molecule has 3 nitrogen and oxygen atoms in total. The minimum atomic E-state index is 0.355. The van der Waals surface area contributed by atoms with Gasteiger partial charge in [-0.1, -0.05) is 0 Å². The van der Waals surface area contributed by atoms with Crippen LogP contribution in [0.4, 0.5) is 0 Å². The Labute approximate surface area is 103 Å². The normalized spacial score (nSPS) is 44.8. The molecule has 0 aromatic rings. The molecule has 0 aromatic heterocycles. The largest absolute Gasteiger partial charge is 0.329 e. The Kier molecular flexibility index (Phi) is 3.17. The highest BCUT2D eigenvalue weighted by molar-refractivity contribution is 7.99. The van der Waals surface area contributed by atoms with E-state index < -0.39 is 0 Å². The van der Waals surface area contributed by atoms with E-state index in [-0.39, 0.29) is 0 Å². The molecule has 2 N–H and O–H groups in total. The second kappa shape index (κ2) is 4.48. The van der Waals surface area contributed by atoms with E-state index in [4.69, 9.17) is 5.73 Å². The smallest absolute Gasteiger partial charge is 0.0385 e. The SMILES string of the molecule is NCC1(N2CCSCC2)CCN2CCC1C2. The Morgan fingerprint density at radius 2 is 2.00 bits per heavy atom. The summed E-state index contributed by atoms with van der Waals surface area (Å²) in [5.74, 6) is 3.45. The number of piperidine rings is 1. The summed E-state index contributed by atoms with van der Waals surface area (Å²) in [5, 5.41) is 0. The van der Waals surface area contributed by atoms with Crippen LogP contribution in [0.5, 0.6) is 0 Å². The van der Waals surface area contributed by atoms with Crippen molar-refractivity contribution in [3.05, 3.63) is 0 Å². The van der Waals surface area contributed by atoms with Gasteiger partial charge in [0.2, 0.25) is 0 Å². The van der Waals surface area contributed by atoms with E-state index in [0.717, 1.165) is 12.5 Å². The van der Waals surface area contributed by atoms with Crippen LogP contribution in [0.2, 0.25) is 0 Å². The van der Waals surface area contributed by atoms with Crippen molar-refractivity contribution in [3.8, 4) is 0 Å². The van der Waals surface area contributed by atoms with E-state index >= 15 is 0 Å². The van der Waals surface area contributed by atoms with Gasteiger partial charge in [0, 0.05) is 43.2 Å². The van der Waals surface area contributed by atoms with Gasteiger partial charge in [-0.25, -0.2) is 0 Å². The molecule has 0 saturated carbocycles. The van der Waals surface area contributed by atoms with E-state index in [1.54, 1.807) is 0 Å². The average Bonchev–Trinajstić information content (AvgIpc) is 2.76. The highest BCUT2D eigenvalue weighted by Crippen LogP contribution is 2.40. The van der Waals surface area contributed by atoms with Gasteiger partial charge >= 0.3 is 0 Å². The lowest BCUT2D eigenvalue weighted by Gasteiger charge is -2.51. The van der Waals surface area contributed by atoms with Crippen LogP contribution in [0.25, 0.3) is 0 Å². The maximum atomic E-state index is 6.19. The van der Waals surface area contributed by atoms with Crippen molar-refractivity contribution < 1.29 is 0 Å². The molecule has 3 atom stereocenters. The number of rotatable bonds is 2. The van der Waals surface area contributed by atoms with Gasteiger partial charge in [0.1, 0.15) is 0 Å². The molecule has 3 fully saturated rings. The predicted molar refractivity (Wildman–Crippen MR) is 69.8 cm³/mol. The molecule has 3 unspecified atom stereocenters. The van der Waals surface area contributed by atoms with Crippen molar-refractivity contribution in [2.24, 2.45) is 11.7 Å². The Morgan fingerprint density at radius 1 is 1.19 bits per heavy atom. The quantitative estimate of drug-likeness (QED) is 0.761. The lowest BCUT2D eigenvalue weighted by atomic mass is 9.77. The number of thioether (sulfide) groups is 1. The van der Waals surface area contributed by atoms with E-state index in [1.807, 2.05) is 0 Å². The molecule has 3 rings (SSSR count). The van der Waals surface area contributed by atoms with E-state index in [1.165, 1.54) is 57.1 Å². The maximum Gasteiger partial charge on any atom is 0.0385 e. The van der Waals surface area contributed by atoms with Gasteiger partial charge in [0.25, 0.3) is 0 Å². The molecule has 0 amide bonds. The van der Waals surface area contributed by atoms with Crippen molar-refractivity contribution in [1.29, 1.82) is 0 Å². The van der Waals surface area contributed by atoms with Crippen molar-refractivity contribution in [2.45, 2.75) is 18.4 Å². The molecule has 16 heavy (non-hydrogen) atoms. The molecule has 0 aromatic carbocycles. The first kappa shape index (κ1) is 11.3. The van der Waals surface area contributed by atoms with Gasteiger partial charge in [0.05, 0.1) is 0 Å². The van der Waals surface area contributed by atoms with Crippen LogP contribution < -0.4 is 5.73 Å². The molecule has 3 heterocycles. The summed E-state index contributed by atoms with van der Waals surface area (Å²) < 4.78 is 0. The monoisotopic (exact) mass is 241 g/mol. The molecule has 3 saturated heterocycles. The Bertz CT molecular complexity index is 255. The third kappa shape index (κ3) is 1.70. The Hall–Kier alpha value is 0.230. The second-order valence-electron chi connectivity index (χ2n) is 5.44. The van der Waals surface area contributed by atoms with E-state index in [2.05, 4.69) is 21.6 Å². The molecule has 4 heteroatoms. The minimum Gasteiger partial charge on any atom is -0.329 e. The van der Waals surface area contributed by atoms with Gasteiger partial charge < -0.3 is 10.6 Å². The summed E-state index contributed by atoms with van der Waals surface area (Å²) in [5.41, 5.74) is 6.54. The number of nitrogens with two attached hydrogens (primary N) is 1. The van der Waals surface area contributed by atoms with Crippen LogP contribution in [-0.2, 0) is 0 Å². The molecule has 0 spiro atoms. The fraction of sp³-hybridized carbons (Fsp3) is 1.00. The lowest BCUT2D eigenvalue weighted by Crippen LogP contribution is -2.63. The molecular formula is C12H23N3S. The third-order valence-electron chi connectivity index (χ3n) is 4.89. The third-order valence-corrected chi connectivity index (χ3v) is 5.83. The minimum absolute atomic E-state index is 0.355. The first-order chi connectivity index (χ1) is 7.85. The van der Waals surface area contributed by atoms with Crippen molar-refractivity contribution in [3.63, 3.8) is 0 Å². The van der Waals surface area contributed by atoms with Crippen molar-refractivity contribution in [1.82, 2.24) is 9.80 Å². The number of hydrogen-bond acceptors (Lipinski definition) is 4. The van der Waals surface area contributed by atoms with Crippen LogP contribution in [0.15, 0.2) is 0 Å². The average molecular weight is 241 g/mol. The molecule has 0 aliphatic carbocycles. The number of nitrogens with zero attached hydrogens (tertiary/aromatic N) is 2. The van der Waals surface area contributed by atoms with Crippen molar-refractivity contribution in [2.75, 3.05) is 50.8 Å². The lowest BCUT2D eigenvalue weighted by molar-refractivity contribution is 0.0147. The van der Waals surface area contributed by atoms with E-state index in [0.29, 0.717) is 5.54 Å². The second-order valence-corrected chi connectivity index (χ2v) is 6.67. The highest BCUT2D eigenvalue weighted by Gasteiger charge is 2.48. The fourth-order valence-electron chi connectivity index (χ4n) is 3.85. The summed E-state index contributed by atoms with van der Waals surface area (Å²) in [6, 6.07) is 0. The first-order valence-electron chi connectivity index (χ1n) is 6.60. The zero-order valence-corrected chi connectivity index (χ0v) is 10.8. The van der Waals surface area contributed by atoms with Gasteiger partial charge in [-0.05, 0) is 31.8 Å². The van der Waals surface area contributed by atoms with Gasteiger partial charge in [0.15, 0.2) is 0 Å². The van der Waals surface area contributed by atoms with Gasteiger partial charge in [-0.2, -0.15) is 11.8 Å². The topological polar surface area (TPSA) is 32.5 Å². The van der Waals surface area contributed by atoms with Crippen molar-refractivity contribution >= 4 is 11.8 Å². The van der Waals surface area contributed by atoms with Gasteiger partial charge in [-0.3, -0.25) is 4.90 Å². The molecule has 3 aliphatic rings. The fourth-order valence-corrected chi connectivity index (χ4v) is 4.76. The standard InChI is InChI=1S/C12H23N3S/c13-10-12(15-5-7-16-8-6-15)2-4-14-3-1-11(12)9-14/h11H,1-10,13H2. The molecule has 92 valence electrons. The Balaban J connectivity index is 1.80. The highest BCUT2D eigenvalue weighted by atomic mass is 32.2. The van der Waals surface area contributed by atoms with Crippen LogP contribution in [0, 0.1) is 5.92 Å². The molecule has 0 radical (unpaired) electrons. The van der Waals surface area contributed by atoms with Crippen LogP contribution in [-0.4, -0.2) is 66.1 Å². The number of fused-ring (bicyclic) bond motifs is 2. The van der Waals surface area contributed by atoms with E-state index in [9.17, 15) is 0 Å². The molecule has 3 aliphatic heterocycles. The summed E-state index contributed by atoms with van der Waals surface area (Å²) in [4.78, 5) is 5.36. The summed E-state index contributed by atoms with van der Waals surface area (Å²) >= 11 is 2.10. The van der Waals surface area contributed by atoms with Crippen LogP contribution in [0.1, 0.15) is 12.8 Å². The van der Waals surface area contributed by atoms with Crippen LogP contribution >= 0.6 is 11.8 Å². The molecule has 2 bridgehead atoms.